The fraction of sp³-hybridized carbons (Fsp3) is 0.682. The number of benzene rings is 1. The summed E-state index contributed by atoms with van der Waals surface area (Å²) in [4.78, 5) is 9.60. The predicted molar refractivity (Wildman–Crippen MR) is 109 cm³/mol. The van der Waals surface area contributed by atoms with E-state index in [2.05, 4.69) is 22.2 Å². The summed E-state index contributed by atoms with van der Waals surface area (Å²) < 4.78 is 15.9. The molecule has 154 valence electrons. The first-order chi connectivity index (χ1) is 13.0. The highest BCUT2D eigenvalue weighted by atomic mass is 16.5. The summed E-state index contributed by atoms with van der Waals surface area (Å²) in [6.07, 6.45) is 4.78. The lowest BCUT2D eigenvalue weighted by Crippen LogP contribution is -2.32. The summed E-state index contributed by atoms with van der Waals surface area (Å²) >= 11 is 0. The van der Waals surface area contributed by atoms with Crippen LogP contribution in [-0.4, -0.2) is 45.0 Å². The van der Waals surface area contributed by atoms with Crippen LogP contribution >= 0.6 is 0 Å². The van der Waals surface area contributed by atoms with Crippen LogP contribution in [0.1, 0.15) is 52.0 Å². The van der Waals surface area contributed by atoms with Crippen LogP contribution in [0.25, 0.3) is 0 Å². The monoisotopic (exact) mass is 379 g/mol. The molecule has 0 spiro atoms. The molecular formula is C22H37NO4. The zero-order chi connectivity index (χ0) is 19.8. The van der Waals surface area contributed by atoms with Gasteiger partial charge in [0.1, 0.15) is 5.60 Å². The Kier molecular flexibility index (Phi) is 12.8. The van der Waals surface area contributed by atoms with E-state index in [0.29, 0.717) is 6.47 Å². The third-order valence-electron chi connectivity index (χ3n) is 4.09. The predicted octanol–water partition coefficient (Wildman–Crippen LogP) is 3.96. The highest BCUT2D eigenvalue weighted by Gasteiger charge is 2.12. The molecule has 0 saturated carbocycles. The number of rotatable bonds is 10. The van der Waals surface area contributed by atoms with Gasteiger partial charge in [-0.1, -0.05) is 30.3 Å². The molecule has 5 heteroatoms. The van der Waals surface area contributed by atoms with Gasteiger partial charge in [-0.25, -0.2) is 0 Å². The van der Waals surface area contributed by atoms with Gasteiger partial charge in [-0.3, -0.25) is 4.79 Å². The van der Waals surface area contributed by atoms with Gasteiger partial charge in [0, 0.05) is 19.8 Å². The fourth-order valence-electron chi connectivity index (χ4n) is 2.63. The summed E-state index contributed by atoms with van der Waals surface area (Å²) in [5.41, 5.74) is 0.926. The van der Waals surface area contributed by atoms with E-state index in [4.69, 9.17) is 9.47 Å². The summed E-state index contributed by atoms with van der Waals surface area (Å²) in [7, 11) is 0. The largest absolute Gasteiger partial charge is 0.462 e. The second kappa shape index (κ2) is 14.6. The molecule has 0 bridgehead atoms. The quantitative estimate of drug-likeness (QED) is 0.493. The maximum absolute atomic E-state index is 9.60. The molecule has 1 aromatic carbocycles. The van der Waals surface area contributed by atoms with Crippen molar-refractivity contribution in [3.05, 3.63) is 35.9 Å². The summed E-state index contributed by atoms with van der Waals surface area (Å²) in [5.74, 6) is 0.720. The van der Waals surface area contributed by atoms with Crippen molar-refractivity contribution in [1.82, 2.24) is 5.32 Å². The Morgan fingerprint density at radius 3 is 2.37 bits per heavy atom. The number of carbonyl (C=O) groups excluding carboxylic acids is 1. The van der Waals surface area contributed by atoms with E-state index in [1.54, 1.807) is 0 Å². The lowest BCUT2D eigenvalue weighted by molar-refractivity contribution is -0.138. The number of nitrogens with one attached hydrogen (secondary N) is 1. The first-order valence-corrected chi connectivity index (χ1v) is 10.0. The molecule has 1 aromatic rings. The smallest absolute Gasteiger partial charge is 0.293 e. The molecule has 1 saturated heterocycles. The second-order valence-electron chi connectivity index (χ2n) is 7.86. The summed E-state index contributed by atoms with van der Waals surface area (Å²) in [6.45, 7) is 11.5. The number of carbonyl (C=O) groups is 1. The Balaban J connectivity index is 0.000000445. The number of unbranched alkanes of at least 4 members (excludes halogenated alkanes) is 1. The van der Waals surface area contributed by atoms with Crippen LogP contribution in [0.3, 0.4) is 0 Å². The van der Waals surface area contributed by atoms with Crippen molar-refractivity contribution < 1.29 is 19.0 Å². The van der Waals surface area contributed by atoms with Crippen molar-refractivity contribution in [2.45, 2.75) is 58.7 Å². The molecule has 1 atom stereocenters. The van der Waals surface area contributed by atoms with Gasteiger partial charge in [0.15, 0.2) is 0 Å². The first-order valence-electron chi connectivity index (χ1n) is 10.0. The molecule has 1 N–H and O–H groups in total. The van der Waals surface area contributed by atoms with E-state index < -0.39 is 0 Å². The van der Waals surface area contributed by atoms with Gasteiger partial charge in [0.05, 0.1) is 13.2 Å². The molecule has 27 heavy (non-hydrogen) atoms. The van der Waals surface area contributed by atoms with Crippen LogP contribution in [0.5, 0.6) is 0 Å². The van der Waals surface area contributed by atoms with Crippen molar-refractivity contribution in [3.8, 4) is 0 Å². The average Bonchev–Trinajstić information content (AvgIpc) is 2.65. The third kappa shape index (κ3) is 14.3. The van der Waals surface area contributed by atoms with E-state index in [-0.39, 0.29) is 5.60 Å². The van der Waals surface area contributed by atoms with Gasteiger partial charge in [-0.15, -0.1) is 0 Å². The molecule has 0 aromatic heterocycles. The van der Waals surface area contributed by atoms with Crippen molar-refractivity contribution in [3.63, 3.8) is 0 Å². The van der Waals surface area contributed by atoms with E-state index in [9.17, 15) is 4.79 Å². The number of piperidine rings is 1. The van der Waals surface area contributed by atoms with Gasteiger partial charge in [-0.05, 0) is 64.5 Å². The van der Waals surface area contributed by atoms with Crippen LogP contribution in [0.4, 0.5) is 0 Å². The summed E-state index contributed by atoms with van der Waals surface area (Å²) in [5, 5.41) is 3.42. The second-order valence-corrected chi connectivity index (χ2v) is 7.86. The molecule has 0 aliphatic carbocycles. The normalized spacial score (nSPS) is 16.9. The standard InChI is InChI=1S/C17H27NO2.C5H10O2/c1-2-7-16(8-3-1)14-19-11-4-5-12-20-15-17-9-6-10-18-13-17;1-5(2,3)7-4-6/h1-3,7-8,17-18H,4-6,9-15H2;4H,1-3H3. The lowest BCUT2D eigenvalue weighted by Gasteiger charge is -2.22. The number of hydrogen-bond donors (Lipinski definition) is 1. The third-order valence-corrected chi connectivity index (χ3v) is 4.09. The topological polar surface area (TPSA) is 56.8 Å². The average molecular weight is 380 g/mol. The molecule has 1 aliphatic rings. The molecule has 2 rings (SSSR count). The Morgan fingerprint density at radius 1 is 1.11 bits per heavy atom. The van der Waals surface area contributed by atoms with Gasteiger partial charge >= 0.3 is 0 Å². The maximum atomic E-state index is 9.60. The van der Waals surface area contributed by atoms with Crippen LogP contribution in [0.2, 0.25) is 0 Å². The molecule has 1 fully saturated rings. The maximum Gasteiger partial charge on any atom is 0.293 e. The molecule has 5 nitrogen and oxygen atoms in total. The Hall–Kier alpha value is -1.43. The van der Waals surface area contributed by atoms with Gasteiger partial charge < -0.3 is 19.5 Å². The highest BCUT2D eigenvalue weighted by molar-refractivity contribution is 5.37. The molecular weight excluding hydrogens is 342 g/mol. The highest BCUT2D eigenvalue weighted by Crippen LogP contribution is 2.10. The molecule has 0 radical (unpaired) electrons. The van der Waals surface area contributed by atoms with Crippen LogP contribution in [0, 0.1) is 5.92 Å². The molecule has 0 amide bonds. The fourth-order valence-corrected chi connectivity index (χ4v) is 2.63. The van der Waals surface area contributed by atoms with E-state index in [1.807, 2.05) is 39.0 Å². The van der Waals surface area contributed by atoms with E-state index >= 15 is 0 Å². The zero-order valence-electron chi connectivity index (χ0n) is 17.2. The Morgan fingerprint density at radius 2 is 1.81 bits per heavy atom. The van der Waals surface area contributed by atoms with E-state index in [1.165, 1.54) is 24.9 Å². The molecule has 1 heterocycles. The molecule has 1 unspecified atom stereocenters. The van der Waals surface area contributed by atoms with Crippen LogP contribution in [-0.2, 0) is 25.6 Å². The first kappa shape index (κ1) is 23.6. The SMILES string of the molecule is CC(C)(C)OC=O.c1ccc(COCCCCOCC2CCCNC2)cc1. The lowest BCUT2D eigenvalue weighted by atomic mass is 10.0. The minimum Gasteiger partial charge on any atom is -0.462 e. The van der Waals surface area contributed by atoms with Crippen molar-refractivity contribution >= 4 is 6.47 Å². The van der Waals surface area contributed by atoms with Crippen LogP contribution < -0.4 is 5.32 Å². The van der Waals surface area contributed by atoms with Crippen molar-refractivity contribution in [2.24, 2.45) is 5.92 Å². The van der Waals surface area contributed by atoms with Gasteiger partial charge in [0.25, 0.3) is 6.47 Å². The van der Waals surface area contributed by atoms with E-state index in [0.717, 1.165) is 51.7 Å². The van der Waals surface area contributed by atoms with Gasteiger partial charge in [0.2, 0.25) is 0 Å². The van der Waals surface area contributed by atoms with Gasteiger partial charge in [-0.2, -0.15) is 0 Å². The summed E-state index contributed by atoms with van der Waals surface area (Å²) in [6, 6.07) is 10.3. The minimum absolute atomic E-state index is 0.318. The van der Waals surface area contributed by atoms with Crippen LogP contribution in [0.15, 0.2) is 30.3 Å². The minimum atomic E-state index is -0.318. The van der Waals surface area contributed by atoms with Crippen molar-refractivity contribution in [2.75, 3.05) is 32.9 Å². The molecule has 1 aliphatic heterocycles. The Labute approximate surface area is 164 Å². The zero-order valence-corrected chi connectivity index (χ0v) is 17.2. The number of hydrogen-bond acceptors (Lipinski definition) is 5. The van der Waals surface area contributed by atoms with Crippen molar-refractivity contribution in [1.29, 1.82) is 0 Å². The Bertz CT molecular complexity index is 467. The number of ether oxygens (including phenoxy) is 3.